The summed E-state index contributed by atoms with van der Waals surface area (Å²) in [5, 5.41) is 1.24. The van der Waals surface area contributed by atoms with Gasteiger partial charge in [0.15, 0.2) is 0 Å². The van der Waals surface area contributed by atoms with E-state index in [2.05, 4.69) is 27.6 Å². The summed E-state index contributed by atoms with van der Waals surface area (Å²) in [4.78, 5) is 4.02. The van der Waals surface area contributed by atoms with Gasteiger partial charge in [-0.1, -0.05) is 11.6 Å². The lowest BCUT2D eigenvalue weighted by molar-refractivity contribution is 0.635. The first-order valence-corrected chi connectivity index (χ1v) is 5.45. The molecule has 1 aromatic heterocycles. The Labute approximate surface area is 99.4 Å². The Morgan fingerprint density at radius 3 is 2.86 bits per heavy atom. The van der Waals surface area contributed by atoms with Crippen LogP contribution in [0.4, 0.5) is 4.39 Å². The summed E-state index contributed by atoms with van der Waals surface area (Å²) in [6.45, 7) is 1.83. The number of hydrogen-bond donors (Lipinski definition) is 0. The number of aromatic nitrogens is 1. The van der Waals surface area contributed by atoms with Crippen LogP contribution in [-0.2, 0) is 0 Å². The van der Waals surface area contributed by atoms with Crippen molar-refractivity contribution in [2.45, 2.75) is 6.92 Å². The molecule has 0 aliphatic heterocycles. The predicted octanol–water partition coefficient (Wildman–Crippen LogP) is 3.94. The lowest BCUT2D eigenvalue weighted by Gasteiger charge is -2.04. The monoisotopic (exact) mass is 321 g/mol. The molecule has 1 nitrogen and oxygen atoms in total. The second-order valence-electron chi connectivity index (χ2n) is 3.06. The van der Waals surface area contributed by atoms with Crippen molar-refractivity contribution >= 4 is 45.1 Å². The molecule has 4 heteroatoms. The minimum atomic E-state index is -0.321. The second-order valence-corrected chi connectivity index (χ2v) is 4.60. The topological polar surface area (TPSA) is 12.9 Å². The van der Waals surface area contributed by atoms with E-state index in [9.17, 15) is 4.39 Å². The van der Waals surface area contributed by atoms with Crippen molar-refractivity contribution in [1.82, 2.24) is 4.98 Å². The van der Waals surface area contributed by atoms with E-state index >= 15 is 0 Å². The first-order chi connectivity index (χ1) is 6.59. The average molecular weight is 322 g/mol. The number of pyridine rings is 1. The second kappa shape index (κ2) is 3.62. The van der Waals surface area contributed by atoms with Gasteiger partial charge in [0.1, 0.15) is 11.3 Å². The third-order valence-electron chi connectivity index (χ3n) is 1.96. The third-order valence-corrected chi connectivity index (χ3v) is 3.50. The van der Waals surface area contributed by atoms with E-state index in [1.54, 1.807) is 6.20 Å². The van der Waals surface area contributed by atoms with Crippen molar-refractivity contribution in [3.05, 3.63) is 38.3 Å². The number of benzene rings is 1. The number of fused-ring (bicyclic) bond motifs is 1. The van der Waals surface area contributed by atoms with Gasteiger partial charge in [0.2, 0.25) is 0 Å². The summed E-state index contributed by atoms with van der Waals surface area (Å²) >= 11 is 8.13. The van der Waals surface area contributed by atoms with Gasteiger partial charge in [-0.05, 0) is 47.2 Å². The maximum atomic E-state index is 13.4. The zero-order valence-corrected chi connectivity index (χ0v) is 10.2. The number of halogens is 3. The molecule has 0 amide bonds. The zero-order chi connectivity index (χ0) is 10.3. The largest absolute Gasteiger partial charge is 0.252 e. The molecule has 0 saturated heterocycles. The highest BCUT2D eigenvalue weighted by Gasteiger charge is 2.08. The van der Waals surface area contributed by atoms with Gasteiger partial charge in [-0.2, -0.15) is 0 Å². The first kappa shape index (κ1) is 10.1. The fourth-order valence-corrected chi connectivity index (χ4v) is 1.96. The number of nitrogens with zero attached hydrogens (tertiary/aromatic N) is 1. The molecule has 0 aliphatic carbocycles. The summed E-state index contributed by atoms with van der Waals surface area (Å²) in [5.41, 5.74) is 1.18. The van der Waals surface area contributed by atoms with Crippen molar-refractivity contribution in [3.63, 3.8) is 0 Å². The van der Waals surface area contributed by atoms with Crippen LogP contribution in [-0.4, -0.2) is 4.98 Å². The van der Waals surface area contributed by atoms with Crippen LogP contribution in [0, 0.1) is 16.3 Å². The molecule has 0 spiro atoms. The van der Waals surface area contributed by atoms with Gasteiger partial charge in [-0.3, -0.25) is 4.98 Å². The molecule has 2 rings (SSSR count). The number of aryl methyl sites for hydroxylation is 1. The Kier molecular flexibility index (Phi) is 2.62. The number of hydrogen-bond acceptors (Lipinski definition) is 1. The molecule has 72 valence electrons. The first-order valence-electron chi connectivity index (χ1n) is 3.99. The Morgan fingerprint density at radius 2 is 2.14 bits per heavy atom. The van der Waals surface area contributed by atoms with E-state index in [4.69, 9.17) is 11.6 Å². The fraction of sp³-hybridized carbons (Fsp3) is 0.100. The molecular weight excluding hydrogens is 315 g/mol. The molecule has 1 aromatic carbocycles. The van der Waals surface area contributed by atoms with Gasteiger partial charge in [0, 0.05) is 11.6 Å². The number of rotatable bonds is 0. The van der Waals surface area contributed by atoms with Gasteiger partial charge < -0.3 is 0 Å². The molecule has 0 radical (unpaired) electrons. The van der Waals surface area contributed by atoms with Gasteiger partial charge in [0.25, 0.3) is 0 Å². The average Bonchev–Trinajstić information content (AvgIpc) is 2.12. The van der Waals surface area contributed by atoms with Crippen molar-refractivity contribution in [3.8, 4) is 0 Å². The highest BCUT2D eigenvalue weighted by molar-refractivity contribution is 14.1. The SMILES string of the molecule is Cc1cc(F)c2ncc(I)c(Cl)c2c1. The minimum absolute atomic E-state index is 0.321. The normalized spacial score (nSPS) is 10.9. The molecule has 0 saturated carbocycles. The van der Waals surface area contributed by atoms with Crippen molar-refractivity contribution in [2.24, 2.45) is 0 Å². The van der Waals surface area contributed by atoms with E-state index in [1.807, 2.05) is 13.0 Å². The molecule has 0 bridgehead atoms. The van der Waals surface area contributed by atoms with Gasteiger partial charge in [-0.15, -0.1) is 0 Å². The van der Waals surface area contributed by atoms with E-state index < -0.39 is 0 Å². The smallest absolute Gasteiger partial charge is 0.149 e. The van der Waals surface area contributed by atoms with Crippen LogP contribution in [0.3, 0.4) is 0 Å². The Hall–Kier alpha value is -0.420. The van der Waals surface area contributed by atoms with E-state index in [0.29, 0.717) is 15.9 Å². The highest BCUT2D eigenvalue weighted by atomic mass is 127. The zero-order valence-electron chi connectivity index (χ0n) is 7.31. The van der Waals surface area contributed by atoms with Crippen LogP contribution < -0.4 is 0 Å². The third kappa shape index (κ3) is 1.59. The summed E-state index contributed by atoms with van der Waals surface area (Å²) in [6.07, 6.45) is 1.57. The van der Waals surface area contributed by atoms with Crippen LogP contribution in [0.5, 0.6) is 0 Å². The maximum Gasteiger partial charge on any atom is 0.149 e. The molecule has 0 N–H and O–H groups in total. The molecule has 0 atom stereocenters. The molecular formula is C10H6ClFIN. The quantitative estimate of drug-likeness (QED) is 0.670. The fourth-order valence-electron chi connectivity index (χ4n) is 1.34. The molecule has 14 heavy (non-hydrogen) atoms. The summed E-state index contributed by atoms with van der Waals surface area (Å²) in [6, 6.07) is 3.30. The summed E-state index contributed by atoms with van der Waals surface area (Å²) in [5.74, 6) is -0.321. The van der Waals surface area contributed by atoms with Crippen molar-refractivity contribution < 1.29 is 4.39 Å². The van der Waals surface area contributed by atoms with Crippen LogP contribution in [0.1, 0.15) is 5.56 Å². The lowest BCUT2D eigenvalue weighted by atomic mass is 10.1. The van der Waals surface area contributed by atoms with Crippen LogP contribution in [0.25, 0.3) is 10.9 Å². The molecule has 2 aromatic rings. The Balaban J connectivity index is 2.95. The van der Waals surface area contributed by atoms with Crippen LogP contribution >= 0.6 is 34.2 Å². The summed E-state index contributed by atoms with van der Waals surface area (Å²) in [7, 11) is 0. The van der Waals surface area contributed by atoms with Crippen molar-refractivity contribution in [1.29, 1.82) is 0 Å². The molecule has 0 aliphatic rings. The lowest BCUT2D eigenvalue weighted by Crippen LogP contribution is -1.89. The van der Waals surface area contributed by atoms with Gasteiger partial charge in [0.05, 0.1) is 8.59 Å². The predicted molar refractivity (Wildman–Crippen MR) is 64.2 cm³/mol. The van der Waals surface area contributed by atoms with E-state index in [-0.39, 0.29) is 5.82 Å². The minimum Gasteiger partial charge on any atom is -0.252 e. The van der Waals surface area contributed by atoms with Crippen LogP contribution in [0.15, 0.2) is 18.3 Å². The Bertz CT molecular complexity index is 513. The highest BCUT2D eigenvalue weighted by Crippen LogP contribution is 2.28. The molecule has 1 heterocycles. The van der Waals surface area contributed by atoms with Crippen molar-refractivity contribution in [2.75, 3.05) is 0 Å². The van der Waals surface area contributed by atoms with Gasteiger partial charge in [-0.25, -0.2) is 4.39 Å². The molecule has 0 fully saturated rings. The Morgan fingerprint density at radius 1 is 1.43 bits per heavy atom. The standard InChI is InChI=1S/C10H6ClFIN/c1-5-2-6-9(11)8(13)4-14-10(6)7(12)3-5/h2-4H,1H3. The maximum absolute atomic E-state index is 13.4. The van der Waals surface area contributed by atoms with Crippen LogP contribution in [0.2, 0.25) is 5.02 Å². The van der Waals surface area contributed by atoms with E-state index in [0.717, 1.165) is 9.13 Å². The van der Waals surface area contributed by atoms with E-state index in [1.165, 1.54) is 6.07 Å². The van der Waals surface area contributed by atoms with Gasteiger partial charge >= 0.3 is 0 Å². The summed E-state index contributed by atoms with van der Waals surface area (Å²) < 4.78 is 14.3. The molecule has 0 unspecified atom stereocenters.